The first-order chi connectivity index (χ1) is 13.3. The highest BCUT2D eigenvalue weighted by atomic mass is 15.1. The second kappa shape index (κ2) is 8.54. The molecule has 0 radical (unpaired) electrons. The lowest BCUT2D eigenvalue weighted by atomic mass is 9.76. The van der Waals surface area contributed by atoms with E-state index in [1.807, 2.05) is 0 Å². The molecule has 0 heterocycles. The van der Waals surface area contributed by atoms with Crippen LogP contribution in [0.2, 0.25) is 0 Å². The highest BCUT2D eigenvalue weighted by Crippen LogP contribution is 2.38. The van der Waals surface area contributed by atoms with Crippen LogP contribution in [0.25, 0.3) is 0 Å². The Hall–Kier alpha value is -2.38. The van der Waals surface area contributed by atoms with Gasteiger partial charge in [0.25, 0.3) is 0 Å². The normalized spacial score (nSPS) is 19.0. The summed E-state index contributed by atoms with van der Waals surface area (Å²) in [6.45, 7) is 1.16. The first-order valence-corrected chi connectivity index (χ1v) is 10.2. The zero-order valence-corrected chi connectivity index (χ0v) is 16.2. The fourth-order valence-corrected chi connectivity index (χ4v) is 4.49. The third-order valence-corrected chi connectivity index (χ3v) is 6.04. The smallest absolute Gasteiger partial charge is 0.0142 e. The zero-order chi connectivity index (χ0) is 18.5. The molecular weight excluding hydrogens is 326 g/mol. The van der Waals surface area contributed by atoms with E-state index in [4.69, 9.17) is 0 Å². The van der Waals surface area contributed by atoms with Gasteiger partial charge in [-0.15, -0.1) is 0 Å². The predicted octanol–water partition coefficient (Wildman–Crippen LogP) is 5.70. The fourth-order valence-electron chi connectivity index (χ4n) is 4.49. The molecule has 0 saturated carbocycles. The Labute approximate surface area is 163 Å². The molecular formula is C26H29N. The first-order valence-electron chi connectivity index (χ1n) is 10.2. The maximum Gasteiger partial charge on any atom is 0.0142 e. The second-order valence-electron chi connectivity index (χ2n) is 7.83. The van der Waals surface area contributed by atoms with E-state index >= 15 is 0 Å². The van der Waals surface area contributed by atoms with Crippen molar-refractivity contribution in [3.63, 3.8) is 0 Å². The Morgan fingerprint density at radius 3 is 2.26 bits per heavy atom. The molecule has 0 spiro atoms. The summed E-state index contributed by atoms with van der Waals surface area (Å²) in [6.07, 6.45) is 4.76. The summed E-state index contributed by atoms with van der Waals surface area (Å²) in [4.78, 5) is 2.59. The average Bonchev–Trinajstić information content (AvgIpc) is 2.74. The Morgan fingerprint density at radius 2 is 1.48 bits per heavy atom. The SMILES string of the molecule is CN(CCCc1ccccc1)[C@H]1Cc2ccccc2[C@H](c2ccccc2)C1. The van der Waals surface area contributed by atoms with E-state index in [0.29, 0.717) is 12.0 Å². The minimum atomic E-state index is 0.512. The van der Waals surface area contributed by atoms with E-state index < -0.39 is 0 Å². The van der Waals surface area contributed by atoms with E-state index in [2.05, 4.69) is 96.9 Å². The van der Waals surface area contributed by atoms with Crippen LogP contribution in [0.4, 0.5) is 0 Å². The van der Waals surface area contributed by atoms with E-state index in [0.717, 1.165) is 13.0 Å². The van der Waals surface area contributed by atoms with Crippen molar-refractivity contribution in [1.82, 2.24) is 4.90 Å². The lowest BCUT2D eigenvalue weighted by molar-refractivity contribution is 0.212. The molecule has 0 fully saturated rings. The molecule has 1 aliphatic rings. The molecule has 0 bridgehead atoms. The van der Waals surface area contributed by atoms with Crippen LogP contribution in [0.5, 0.6) is 0 Å². The lowest BCUT2D eigenvalue weighted by Gasteiger charge is -2.37. The van der Waals surface area contributed by atoms with Gasteiger partial charge in [-0.05, 0) is 61.5 Å². The monoisotopic (exact) mass is 355 g/mol. The van der Waals surface area contributed by atoms with E-state index in [1.165, 1.54) is 41.5 Å². The minimum absolute atomic E-state index is 0.512. The molecule has 0 saturated heterocycles. The van der Waals surface area contributed by atoms with E-state index in [1.54, 1.807) is 0 Å². The summed E-state index contributed by atoms with van der Waals surface area (Å²) >= 11 is 0. The first kappa shape index (κ1) is 18.0. The maximum absolute atomic E-state index is 2.59. The van der Waals surface area contributed by atoms with Gasteiger partial charge in [-0.1, -0.05) is 84.9 Å². The summed E-state index contributed by atoms with van der Waals surface area (Å²) in [5, 5.41) is 0. The average molecular weight is 356 g/mol. The van der Waals surface area contributed by atoms with Crippen LogP contribution >= 0.6 is 0 Å². The minimum Gasteiger partial charge on any atom is -0.303 e. The van der Waals surface area contributed by atoms with Crippen LogP contribution in [0.1, 0.15) is 41.0 Å². The van der Waals surface area contributed by atoms with Crippen molar-refractivity contribution in [3.8, 4) is 0 Å². The number of aryl methyl sites for hydroxylation is 1. The molecule has 2 atom stereocenters. The predicted molar refractivity (Wildman–Crippen MR) is 114 cm³/mol. The van der Waals surface area contributed by atoms with Crippen molar-refractivity contribution in [1.29, 1.82) is 0 Å². The maximum atomic E-state index is 2.59. The van der Waals surface area contributed by atoms with Gasteiger partial charge in [0.15, 0.2) is 0 Å². The van der Waals surface area contributed by atoms with Gasteiger partial charge in [0.05, 0.1) is 0 Å². The highest BCUT2D eigenvalue weighted by Gasteiger charge is 2.29. The number of hydrogen-bond acceptors (Lipinski definition) is 1. The van der Waals surface area contributed by atoms with Crippen LogP contribution in [0.3, 0.4) is 0 Å². The molecule has 1 nitrogen and oxygen atoms in total. The van der Waals surface area contributed by atoms with Crippen molar-refractivity contribution >= 4 is 0 Å². The zero-order valence-electron chi connectivity index (χ0n) is 16.2. The van der Waals surface area contributed by atoms with Crippen LogP contribution in [-0.2, 0) is 12.8 Å². The largest absolute Gasteiger partial charge is 0.303 e. The Morgan fingerprint density at radius 1 is 0.815 bits per heavy atom. The number of nitrogens with zero attached hydrogens (tertiary/aromatic N) is 1. The van der Waals surface area contributed by atoms with Gasteiger partial charge < -0.3 is 4.90 Å². The molecule has 0 unspecified atom stereocenters. The van der Waals surface area contributed by atoms with Crippen LogP contribution in [0, 0.1) is 0 Å². The van der Waals surface area contributed by atoms with Crippen molar-refractivity contribution in [2.75, 3.05) is 13.6 Å². The third-order valence-electron chi connectivity index (χ3n) is 6.04. The molecule has 0 N–H and O–H groups in total. The van der Waals surface area contributed by atoms with Gasteiger partial charge in [-0.25, -0.2) is 0 Å². The number of hydrogen-bond donors (Lipinski definition) is 0. The van der Waals surface area contributed by atoms with E-state index in [9.17, 15) is 0 Å². The number of likely N-dealkylation sites (N-methyl/N-ethyl adjacent to an activating group) is 1. The molecule has 1 heteroatoms. The number of fused-ring (bicyclic) bond motifs is 1. The van der Waals surface area contributed by atoms with Gasteiger partial charge in [-0.3, -0.25) is 0 Å². The van der Waals surface area contributed by atoms with Crippen molar-refractivity contribution in [3.05, 3.63) is 107 Å². The van der Waals surface area contributed by atoms with Crippen molar-refractivity contribution in [2.45, 2.75) is 37.6 Å². The Balaban J connectivity index is 1.46. The van der Waals surface area contributed by atoms with Crippen molar-refractivity contribution in [2.24, 2.45) is 0 Å². The molecule has 0 amide bonds. The summed E-state index contributed by atoms with van der Waals surface area (Å²) < 4.78 is 0. The Kier molecular flexibility index (Phi) is 5.69. The fraction of sp³-hybridized carbons (Fsp3) is 0.308. The topological polar surface area (TPSA) is 3.24 Å². The molecule has 27 heavy (non-hydrogen) atoms. The van der Waals surface area contributed by atoms with Crippen LogP contribution in [0.15, 0.2) is 84.9 Å². The summed E-state index contributed by atoms with van der Waals surface area (Å²) in [6, 6.07) is 31.6. The van der Waals surface area contributed by atoms with Gasteiger partial charge in [0.2, 0.25) is 0 Å². The molecule has 1 aliphatic carbocycles. The van der Waals surface area contributed by atoms with Gasteiger partial charge in [0, 0.05) is 12.0 Å². The highest BCUT2D eigenvalue weighted by molar-refractivity contribution is 5.41. The molecule has 0 aromatic heterocycles. The number of rotatable bonds is 6. The van der Waals surface area contributed by atoms with E-state index in [-0.39, 0.29) is 0 Å². The molecule has 3 aromatic rings. The second-order valence-corrected chi connectivity index (χ2v) is 7.83. The third kappa shape index (κ3) is 4.31. The summed E-state index contributed by atoms with van der Waals surface area (Å²) in [7, 11) is 2.31. The lowest BCUT2D eigenvalue weighted by Crippen LogP contribution is -2.38. The molecule has 4 rings (SSSR count). The van der Waals surface area contributed by atoms with Crippen molar-refractivity contribution < 1.29 is 0 Å². The quantitative estimate of drug-likeness (QED) is 0.548. The molecule has 138 valence electrons. The van der Waals surface area contributed by atoms with Gasteiger partial charge in [0.1, 0.15) is 0 Å². The molecule has 0 aliphatic heterocycles. The summed E-state index contributed by atoms with van der Waals surface area (Å²) in [5.41, 5.74) is 5.95. The van der Waals surface area contributed by atoms with Crippen LogP contribution < -0.4 is 0 Å². The number of benzene rings is 3. The molecule has 3 aromatic carbocycles. The van der Waals surface area contributed by atoms with Gasteiger partial charge >= 0.3 is 0 Å². The van der Waals surface area contributed by atoms with Gasteiger partial charge in [-0.2, -0.15) is 0 Å². The standard InChI is InChI=1S/C26H29N/c1-27(18-10-13-21-11-4-2-5-12-21)24-19-23-16-8-9-17-25(23)26(20-24)22-14-6-3-7-15-22/h2-9,11-12,14-17,24,26H,10,13,18-20H2,1H3/t24-,26-/m0/s1. The summed E-state index contributed by atoms with van der Waals surface area (Å²) in [5.74, 6) is 0.512. The van der Waals surface area contributed by atoms with Crippen LogP contribution in [-0.4, -0.2) is 24.5 Å². The Bertz CT molecular complexity index is 840.